The third kappa shape index (κ3) is 4.77. The number of nitrogens with two attached hydrogens (primary N) is 1. The van der Waals surface area contributed by atoms with Gasteiger partial charge in [-0.05, 0) is 18.1 Å². The van der Waals surface area contributed by atoms with Gasteiger partial charge in [0, 0.05) is 6.42 Å². The number of imidazole rings is 1. The summed E-state index contributed by atoms with van der Waals surface area (Å²) < 4.78 is 43.0. The number of nitrogens with zero attached hydrogens (tertiary/aromatic N) is 4. The summed E-state index contributed by atoms with van der Waals surface area (Å²) in [6, 6.07) is 0. The zero-order valence-corrected chi connectivity index (χ0v) is 19.4. The minimum absolute atomic E-state index is 0.0210. The van der Waals surface area contributed by atoms with Crippen LogP contribution in [0.25, 0.3) is 11.2 Å². The number of hydrogen-bond donors (Lipinski definition) is 1. The molecular formula is C17H29N5O5SSi. The van der Waals surface area contributed by atoms with Gasteiger partial charge in [-0.15, -0.1) is 0 Å². The first-order valence-electron chi connectivity index (χ1n) is 9.39. The van der Waals surface area contributed by atoms with Crippen molar-refractivity contribution in [1.82, 2.24) is 19.5 Å². The Balaban J connectivity index is 1.84. The van der Waals surface area contributed by atoms with E-state index in [0.717, 1.165) is 6.26 Å². The highest BCUT2D eigenvalue weighted by Crippen LogP contribution is 2.39. The Bertz CT molecular complexity index is 988. The molecule has 12 heteroatoms. The van der Waals surface area contributed by atoms with E-state index >= 15 is 0 Å². The lowest BCUT2D eigenvalue weighted by atomic mass is 10.2. The van der Waals surface area contributed by atoms with Gasteiger partial charge in [0.25, 0.3) is 10.1 Å². The monoisotopic (exact) mass is 443 g/mol. The molecule has 3 rings (SSSR count). The Kier molecular flexibility index (Phi) is 5.77. The zero-order valence-electron chi connectivity index (χ0n) is 17.6. The lowest BCUT2D eigenvalue weighted by Crippen LogP contribution is -2.44. The molecule has 2 aromatic rings. The molecule has 29 heavy (non-hydrogen) atoms. The normalized spacial score (nSPS) is 23.7. The summed E-state index contributed by atoms with van der Waals surface area (Å²) in [7, 11) is -5.70. The summed E-state index contributed by atoms with van der Waals surface area (Å²) in [6.45, 7) is 10.9. The van der Waals surface area contributed by atoms with Crippen molar-refractivity contribution in [3.63, 3.8) is 0 Å². The van der Waals surface area contributed by atoms with Gasteiger partial charge in [-0.3, -0.25) is 8.75 Å². The van der Waals surface area contributed by atoms with Crippen molar-refractivity contribution >= 4 is 35.4 Å². The SMILES string of the molecule is CC(C)(C)[Si](C)(C)OC[C@@H]1O[C@H](n2cnc3c(N)ncnc32)C[C@@H]1OS(C)(=O)=O. The topological polar surface area (TPSA) is 131 Å². The van der Waals surface area contributed by atoms with Crippen molar-refractivity contribution in [2.75, 3.05) is 18.6 Å². The maximum atomic E-state index is 11.8. The van der Waals surface area contributed by atoms with E-state index in [1.165, 1.54) is 6.33 Å². The van der Waals surface area contributed by atoms with E-state index in [1.807, 2.05) is 0 Å². The molecule has 162 valence electrons. The van der Waals surface area contributed by atoms with Crippen LogP contribution in [0.1, 0.15) is 33.4 Å². The van der Waals surface area contributed by atoms with Gasteiger partial charge in [-0.2, -0.15) is 8.42 Å². The van der Waals surface area contributed by atoms with Crippen molar-refractivity contribution in [3.8, 4) is 0 Å². The molecule has 0 aliphatic carbocycles. The smallest absolute Gasteiger partial charge is 0.264 e. The first-order valence-corrected chi connectivity index (χ1v) is 14.1. The molecule has 0 radical (unpaired) electrons. The molecule has 1 aliphatic rings. The highest BCUT2D eigenvalue weighted by Gasteiger charge is 2.43. The molecule has 10 nitrogen and oxygen atoms in total. The van der Waals surface area contributed by atoms with Crippen LogP contribution in [0.4, 0.5) is 5.82 Å². The average Bonchev–Trinajstić information content (AvgIpc) is 3.15. The standard InChI is InChI=1S/C17H29N5O5SSi/c1-17(2,3)29(5,6)25-8-12-11(27-28(4,23)24)7-13(26-12)22-10-21-14-15(18)19-9-20-16(14)22/h9-13H,7-8H2,1-6H3,(H2,18,19,20)/t11-,12-,13-/m0/s1. The summed E-state index contributed by atoms with van der Waals surface area (Å²) in [4.78, 5) is 12.4. The lowest BCUT2D eigenvalue weighted by Gasteiger charge is -2.37. The van der Waals surface area contributed by atoms with E-state index in [-0.39, 0.29) is 17.5 Å². The molecule has 0 amide bonds. The van der Waals surface area contributed by atoms with Gasteiger partial charge < -0.3 is 14.9 Å². The summed E-state index contributed by atoms with van der Waals surface area (Å²) in [6.07, 6.45) is 2.55. The zero-order chi connectivity index (χ0) is 21.6. The summed E-state index contributed by atoms with van der Waals surface area (Å²) >= 11 is 0. The Morgan fingerprint density at radius 1 is 1.31 bits per heavy atom. The van der Waals surface area contributed by atoms with Crippen LogP contribution >= 0.6 is 0 Å². The minimum Gasteiger partial charge on any atom is -0.414 e. The number of anilines is 1. The van der Waals surface area contributed by atoms with Crippen LogP contribution in [0.2, 0.25) is 18.1 Å². The second kappa shape index (κ2) is 7.58. The van der Waals surface area contributed by atoms with Crippen LogP contribution in [0.5, 0.6) is 0 Å². The van der Waals surface area contributed by atoms with Gasteiger partial charge in [-0.1, -0.05) is 20.8 Å². The van der Waals surface area contributed by atoms with Crippen LogP contribution in [-0.2, 0) is 23.5 Å². The number of nitrogen functional groups attached to an aromatic ring is 1. The predicted octanol–water partition coefficient (Wildman–Crippen LogP) is 2.06. The predicted molar refractivity (Wildman–Crippen MR) is 111 cm³/mol. The van der Waals surface area contributed by atoms with Gasteiger partial charge in [0.1, 0.15) is 30.3 Å². The fourth-order valence-corrected chi connectivity index (χ4v) is 4.60. The third-order valence-corrected chi connectivity index (χ3v) is 10.7. The molecule has 3 heterocycles. The molecule has 1 fully saturated rings. The van der Waals surface area contributed by atoms with Crippen molar-refractivity contribution < 1.29 is 21.8 Å². The minimum atomic E-state index is -3.66. The molecule has 1 aliphatic heterocycles. The molecule has 3 atom stereocenters. The fourth-order valence-electron chi connectivity index (χ4n) is 2.93. The molecule has 0 bridgehead atoms. The van der Waals surface area contributed by atoms with Gasteiger partial charge >= 0.3 is 0 Å². The molecule has 0 aromatic carbocycles. The number of aromatic nitrogens is 4. The maximum Gasteiger partial charge on any atom is 0.264 e. The Morgan fingerprint density at radius 2 is 2.00 bits per heavy atom. The number of rotatable bonds is 6. The lowest BCUT2D eigenvalue weighted by molar-refractivity contribution is -0.0356. The summed E-state index contributed by atoms with van der Waals surface area (Å²) in [5, 5.41) is 0.0210. The van der Waals surface area contributed by atoms with E-state index in [1.54, 1.807) is 10.9 Å². The van der Waals surface area contributed by atoms with Crippen LogP contribution in [-0.4, -0.2) is 61.3 Å². The molecular weight excluding hydrogens is 414 g/mol. The molecule has 2 N–H and O–H groups in total. The first kappa shape index (κ1) is 22.1. The number of hydrogen-bond acceptors (Lipinski definition) is 9. The molecule has 2 aromatic heterocycles. The summed E-state index contributed by atoms with van der Waals surface area (Å²) in [5.74, 6) is 0.272. The van der Waals surface area contributed by atoms with Crippen molar-refractivity contribution in [2.45, 2.75) is 63.8 Å². The van der Waals surface area contributed by atoms with E-state index in [9.17, 15) is 8.42 Å². The Labute approximate surface area is 172 Å². The van der Waals surface area contributed by atoms with Crippen molar-refractivity contribution in [2.24, 2.45) is 0 Å². The van der Waals surface area contributed by atoms with E-state index in [2.05, 4.69) is 48.8 Å². The van der Waals surface area contributed by atoms with Crippen LogP contribution in [0, 0.1) is 0 Å². The van der Waals surface area contributed by atoms with Gasteiger partial charge in [0.15, 0.2) is 19.8 Å². The third-order valence-electron chi connectivity index (χ3n) is 5.59. The second-order valence-corrected chi connectivity index (χ2v) is 15.3. The fraction of sp³-hybridized carbons (Fsp3) is 0.706. The first-order chi connectivity index (χ1) is 13.3. The summed E-state index contributed by atoms with van der Waals surface area (Å²) in [5.41, 5.74) is 6.85. The van der Waals surface area contributed by atoms with E-state index in [4.69, 9.17) is 19.1 Å². The van der Waals surface area contributed by atoms with Gasteiger partial charge in [-0.25, -0.2) is 15.0 Å². The molecule has 0 saturated carbocycles. The van der Waals surface area contributed by atoms with E-state index in [0.29, 0.717) is 17.6 Å². The van der Waals surface area contributed by atoms with Gasteiger partial charge in [0.2, 0.25) is 0 Å². The quantitative estimate of drug-likeness (QED) is 0.526. The average molecular weight is 444 g/mol. The second-order valence-electron chi connectivity index (χ2n) is 8.86. The molecule has 0 unspecified atom stereocenters. The van der Waals surface area contributed by atoms with Crippen LogP contribution < -0.4 is 5.73 Å². The maximum absolute atomic E-state index is 11.8. The number of fused-ring (bicyclic) bond motifs is 1. The van der Waals surface area contributed by atoms with Gasteiger partial charge in [0.05, 0.1) is 19.2 Å². The Hall–Kier alpha value is -1.60. The highest BCUT2D eigenvalue weighted by molar-refractivity contribution is 7.86. The van der Waals surface area contributed by atoms with Crippen LogP contribution in [0.3, 0.4) is 0 Å². The molecule has 0 spiro atoms. The molecule has 1 saturated heterocycles. The Morgan fingerprint density at radius 3 is 2.62 bits per heavy atom. The van der Waals surface area contributed by atoms with Crippen LogP contribution in [0.15, 0.2) is 12.7 Å². The van der Waals surface area contributed by atoms with E-state index < -0.39 is 36.9 Å². The van der Waals surface area contributed by atoms with Crippen molar-refractivity contribution in [3.05, 3.63) is 12.7 Å². The number of ether oxygens (including phenoxy) is 1. The van der Waals surface area contributed by atoms with Crippen molar-refractivity contribution in [1.29, 1.82) is 0 Å². The largest absolute Gasteiger partial charge is 0.414 e. The highest BCUT2D eigenvalue weighted by atomic mass is 32.2.